The number of hydrogen-bond donors (Lipinski definition) is 0. The molecule has 1 aliphatic heterocycles. The first-order valence-corrected chi connectivity index (χ1v) is 7.55. The van der Waals surface area contributed by atoms with Gasteiger partial charge in [0.25, 0.3) is 0 Å². The van der Waals surface area contributed by atoms with Crippen molar-refractivity contribution in [3.05, 3.63) is 34.6 Å². The van der Waals surface area contributed by atoms with E-state index in [9.17, 15) is 4.39 Å². The standard InChI is InChI=1S/C14H19Cl2FN2/c15-4-7-18-5-1-6-19(9-8-18)11-12-2-3-13(17)10-14(12)16/h2-3,10H,1,4-9,11H2. The zero-order chi connectivity index (χ0) is 13.7. The van der Waals surface area contributed by atoms with E-state index in [0.29, 0.717) is 10.9 Å². The highest BCUT2D eigenvalue weighted by Gasteiger charge is 2.15. The van der Waals surface area contributed by atoms with Gasteiger partial charge in [0.2, 0.25) is 0 Å². The Balaban J connectivity index is 1.92. The lowest BCUT2D eigenvalue weighted by molar-refractivity contribution is 0.258. The Bertz CT molecular complexity index is 414. The average molecular weight is 305 g/mol. The molecule has 2 rings (SSSR count). The predicted molar refractivity (Wildman–Crippen MR) is 78.5 cm³/mol. The molecule has 1 saturated heterocycles. The van der Waals surface area contributed by atoms with Gasteiger partial charge in [0.05, 0.1) is 0 Å². The summed E-state index contributed by atoms with van der Waals surface area (Å²) >= 11 is 11.9. The van der Waals surface area contributed by atoms with Crippen LogP contribution in [0.5, 0.6) is 0 Å². The van der Waals surface area contributed by atoms with E-state index in [1.165, 1.54) is 12.1 Å². The Labute approximate surface area is 124 Å². The van der Waals surface area contributed by atoms with Gasteiger partial charge in [-0.3, -0.25) is 4.90 Å². The SMILES string of the molecule is Fc1ccc(CN2CCCN(CCCl)CC2)c(Cl)c1. The summed E-state index contributed by atoms with van der Waals surface area (Å²) in [6.07, 6.45) is 1.13. The quantitative estimate of drug-likeness (QED) is 0.788. The summed E-state index contributed by atoms with van der Waals surface area (Å²) in [5.41, 5.74) is 0.994. The van der Waals surface area contributed by atoms with Crippen molar-refractivity contribution in [1.29, 1.82) is 0 Å². The van der Waals surface area contributed by atoms with Crippen LogP contribution in [0.4, 0.5) is 4.39 Å². The van der Waals surface area contributed by atoms with Gasteiger partial charge >= 0.3 is 0 Å². The molecule has 0 saturated carbocycles. The molecule has 5 heteroatoms. The predicted octanol–water partition coefficient (Wildman–Crippen LogP) is 3.23. The van der Waals surface area contributed by atoms with Gasteiger partial charge in [-0.05, 0) is 37.2 Å². The smallest absolute Gasteiger partial charge is 0.124 e. The fraction of sp³-hybridized carbons (Fsp3) is 0.571. The molecule has 1 aliphatic rings. The summed E-state index contributed by atoms with van der Waals surface area (Å²) in [7, 11) is 0. The van der Waals surface area contributed by atoms with Crippen molar-refractivity contribution >= 4 is 23.2 Å². The van der Waals surface area contributed by atoms with Crippen molar-refractivity contribution in [3.63, 3.8) is 0 Å². The van der Waals surface area contributed by atoms with Crippen LogP contribution in [0.3, 0.4) is 0 Å². The summed E-state index contributed by atoms with van der Waals surface area (Å²) in [5, 5.41) is 0.516. The highest BCUT2D eigenvalue weighted by molar-refractivity contribution is 6.31. The van der Waals surface area contributed by atoms with Crippen LogP contribution in [0, 0.1) is 5.82 Å². The molecule has 1 aromatic carbocycles. The van der Waals surface area contributed by atoms with E-state index in [1.54, 1.807) is 6.07 Å². The average Bonchev–Trinajstić information content (AvgIpc) is 2.59. The molecule has 106 valence electrons. The molecular weight excluding hydrogens is 286 g/mol. The van der Waals surface area contributed by atoms with Crippen LogP contribution < -0.4 is 0 Å². The molecule has 0 aliphatic carbocycles. The summed E-state index contributed by atoms with van der Waals surface area (Å²) < 4.78 is 13.0. The van der Waals surface area contributed by atoms with E-state index in [0.717, 1.165) is 51.3 Å². The highest BCUT2D eigenvalue weighted by Crippen LogP contribution is 2.19. The molecule has 0 amide bonds. The third kappa shape index (κ3) is 4.60. The maximum atomic E-state index is 13.0. The second-order valence-corrected chi connectivity index (χ2v) is 5.68. The molecule has 1 aromatic rings. The first-order chi connectivity index (χ1) is 9.19. The molecule has 0 atom stereocenters. The van der Waals surface area contributed by atoms with Crippen LogP contribution in [-0.2, 0) is 6.54 Å². The maximum absolute atomic E-state index is 13.0. The molecule has 0 unspecified atom stereocenters. The van der Waals surface area contributed by atoms with Crippen LogP contribution in [0.1, 0.15) is 12.0 Å². The monoisotopic (exact) mass is 304 g/mol. The third-order valence-corrected chi connectivity index (χ3v) is 4.01. The topological polar surface area (TPSA) is 6.48 Å². The van der Waals surface area contributed by atoms with Crippen LogP contribution >= 0.6 is 23.2 Å². The zero-order valence-electron chi connectivity index (χ0n) is 10.9. The summed E-state index contributed by atoms with van der Waals surface area (Å²) in [6.45, 7) is 5.92. The van der Waals surface area contributed by atoms with Crippen LogP contribution in [0.25, 0.3) is 0 Å². The number of alkyl halides is 1. The lowest BCUT2D eigenvalue weighted by Gasteiger charge is -2.21. The van der Waals surface area contributed by atoms with Crippen molar-refractivity contribution in [3.8, 4) is 0 Å². The molecule has 19 heavy (non-hydrogen) atoms. The van der Waals surface area contributed by atoms with Gasteiger partial charge in [-0.2, -0.15) is 0 Å². The van der Waals surface area contributed by atoms with E-state index in [1.807, 2.05) is 0 Å². The van der Waals surface area contributed by atoms with E-state index in [2.05, 4.69) is 9.80 Å². The first kappa shape index (κ1) is 15.0. The van der Waals surface area contributed by atoms with Gasteiger partial charge in [0.15, 0.2) is 0 Å². The summed E-state index contributed by atoms with van der Waals surface area (Å²) in [6, 6.07) is 4.63. The van der Waals surface area contributed by atoms with Crippen molar-refractivity contribution in [2.45, 2.75) is 13.0 Å². The minimum absolute atomic E-state index is 0.280. The van der Waals surface area contributed by atoms with Crippen LogP contribution in [-0.4, -0.2) is 48.4 Å². The number of nitrogens with zero attached hydrogens (tertiary/aromatic N) is 2. The number of halogens is 3. The van der Waals surface area contributed by atoms with Gasteiger partial charge < -0.3 is 4.90 Å². The van der Waals surface area contributed by atoms with Crippen molar-refractivity contribution in [1.82, 2.24) is 9.80 Å². The molecule has 0 bridgehead atoms. The van der Waals surface area contributed by atoms with Crippen molar-refractivity contribution in [2.24, 2.45) is 0 Å². The van der Waals surface area contributed by atoms with Gasteiger partial charge in [0.1, 0.15) is 5.82 Å². The van der Waals surface area contributed by atoms with Gasteiger partial charge in [-0.15, -0.1) is 11.6 Å². The molecule has 0 N–H and O–H groups in total. The van der Waals surface area contributed by atoms with E-state index in [4.69, 9.17) is 23.2 Å². The number of rotatable bonds is 4. The lowest BCUT2D eigenvalue weighted by Crippen LogP contribution is -2.31. The van der Waals surface area contributed by atoms with E-state index < -0.39 is 0 Å². The van der Waals surface area contributed by atoms with Gasteiger partial charge in [0, 0.05) is 37.1 Å². The van der Waals surface area contributed by atoms with Crippen LogP contribution in [0.15, 0.2) is 18.2 Å². The van der Waals surface area contributed by atoms with Crippen molar-refractivity contribution < 1.29 is 4.39 Å². The maximum Gasteiger partial charge on any atom is 0.124 e. The number of benzene rings is 1. The Morgan fingerprint density at radius 1 is 1.11 bits per heavy atom. The Kier molecular flexibility index (Phi) is 5.89. The normalized spacial score (nSPS) is 18.5. The number of hydrogen-bond acceptors (Lipinski definition) is 2. The van der Waals surface area contributed by atoms with Gasteiger partial charge in [-0.25, -0.2) is 4.39 Å². The second-order valence-electron chi connectivity index (χ2n) is 4.90. The van der Waals surface area contributed by atoms with E-state index >= 15 is 0 Å². The van der Waals surface area contributed by atoms with Crippen LogP contribution in [0.2, 0.25) is 5.02 Å². The van der Waals surface area contributed by atoms with E-state index in [-0.39, 0.29) is 5.82 Å². The minimum atomic E-state index is -0.280. The lowest BCUT2D eigenvalue weighted by atomic mass is 10.2. The Hall–Kier alpha value is -0.350. The molecular formula is C14H19Cl2FN2. The third-order valence-electron chi connectivity index (χ3n) is 3.49. The molecule has 0 aromatic heterocycles. The Morgan fingerprint density at radius 2 is 1.84 bits per heavy atom. The molecule has 2 nitrogen and oxygen atoms in total. The fourth-order valence-corrected chi connectivity index (χ4v) is 2.88. The van der Waals surface area contributed by atoms with Crippen molar-refractivity contribution in [2.75, 3.05) is 38.6 Å². The zero-order valence-corrected chi connectivity index (χ0v) is 12.4. The largest absolute Gasteiger partial charge is 0.301 e. The first-order valence-electron chi connectivity index (χ1n) is 6.63. The minimum Gasteiger partial charge on any atom is -0.301 e. The highest BCUT2D eigenvalue weighted by atomic mass is 35.5. The summed E-state index contributed by atoms with van der Waals surface area (Å²) in [4.78, 5) is 4.76. The second kappa shape index (κ2) is 7.44. The Morgan fingerprint density at radius 3 is 2.58 bits per heavy atom. The fourth-order valence-electron chi connectivity index (χ4n) is 2.42. The molecule has 1 fully saturated rings. The van der Waals surface area contributed by atoms with Gasteiger partial charge in [-0.1, -0.05) is 17.7 Å². The molecule has 1 heterocycles. The summed E-state index contributed by atoms with van der Waals surface area (Å²) in [5.74, 6) is 0.405. The molecule has 0 spiro atoms. The molecule has 0 radical (unpaired) electrons.